The Morgan fingerprint density at radius 3 is 2.92 bits per heavy atom. The fraction of sp³-hybridized carbons (Fsp3) is 0.312. The van der Waals surface area contributed by atoms with E-state index >= 15 is 0 Å². The van der Waals surface area contributed by atoms with E-state index in [2.05, 4.69) is 15.5 Å². The maximum absolute atomic E-state index is 13.8. The van der Waals surface area contributed by atoms with E-state index in [-0.39, 0.29) is 11.1 Å². The third-order valence-corrected chi connectivity index (χ3v) is 4.49. The second-order valence-electron chi connectivity index (χ2n) is 5.84. The van der Waals surface area contributed by atoms with Crippen molar-refractivity contribution in [3.8, 4) is 0 Å². The average molecular weight is 387 g/mol. The van der Waals surface area contributed by atoms with E-state index < -0.39 is 34.8 Å². The number of alkyl halides is 2. The van der Waals surface area contributed by atoms with Gasteiger partial charge in [0.05, 0.1) is 17.4 Å². The summed E-state index contributed by atoms with van der Waals surface area (Å²) in [6.45, 7) is 0.822. The van der Waals surface area contributed by atoms with E-state index in [1.807, 2.05) is 0 Å². The summed E-state index contributed by atoms with van der Waals surface area (Å²) in [4.78, 5) is 25.5. The van der Waals surface area contributed by atoms with Crippen LogP contribution in [0.5, 0.6) is 0 Å². The van der Waals surface area contributed by atoms with Crippen LogP contribution >= 0.6 is 11.6 Å². The van der Waals surface area contributed by atoms with Gasteiger partial charge in [0.15, 0.2) is 0 Å². The average Bonchev–Trinajstić information content (AvgIpc) is 3.05. The second-order valence-corrected chi connectivity index (χ2v) is 6.22. The number of nitrogens with zero attached hydrogens (tertiary/aromatic N) is 2. The van der Waals surface area contributed by atoms with E-state index in [4.69, 9.17) is 11.6 Å². The largest absolute Gasteiger partial charge is 0.367 e. The molecule has 1 aromatic heterocycles. The molecule has 1 fully saturated rings. The van der Waals surface area contributed by atoms with Crippen LogP contribution in [0.15, 0.2) is 29.2 Å². The zero-order chi connectivity index (χ0) is 18.8. The summed E-state index contributed by atoms with van der Waals surface area (Å²) in [5, 5.41) is 8.51. The molecular formula is C16H14ClF3N4O2. The first-order valence-electron chi connectivity index (χ1n) is 7.73. The number of aromatic amines is 1. The molecule has 0 bridgehead atoms. The zero-order valence-electron chi connectivity index (χ0n) is 13.3. The minimum Gasteiger partial charge on any atom is -0.367 e. The van der Waals surface area contributed by atoms with Gasteiger partial charge in [-0.25, -0.2) is 18.3 Å². The second kappa shape index (κ2) is 7.36. The number of anilines is 1. The van der Waals surface area contributed by atoms with E-state index in [1.54, 1.807) is 4.90 Å². The molecule has 1 amide bonds. The van der Waals surface area contributed by atoms with Gasteiger partial charge < -0.3 is 10.2 Å². The first-order chi connectivity index (χ1) is 12.4. The Kier molecular flexibility index (Phi) is 5.17. The molecule has 0 spiro atoms. The maximum atomic E-state index is 13.8. The quantitative estimate of drug-likeness (QED) is 0.846. The lowest BCUT2D eigenvalue weighted by Crippen LogP contribution is -2.37. The van der Waals surface area contributed by atoms with Crippen LogP contribution in [-0.2, 0) is 0 Å². The van der Waals surface area contributed by atoms with Crippen LogP contribution in [-0.4, -0.2) is 35.2 Å². The number of carbonyl (C=O) groups is 1. The number of H-pyrrole nitrogens is 1. The molecule has 6 nitrogen and oxygen atoms in total. The highest BCUT2D eigenvalue weighted by atomic mass is 35.5. The van der Waals surface area contributed by atoms with Crippen molar-refractivity contribution in [3.63, 3.8) is 0 Å². The van der Waals surface area contributed by atoms with Crippen molar-refractivity contribution < 1.29 is 18.0 Å². The van der Waals surface area contributed by atoms with Crippen molar-refractivity contribution in [3.05, 3.63) is 56.7 Å². The molecule has 1 aliphatic rings. The molecule has 1 unspecified atom stereocenters. The number of amides is 1. The van der Waals surface area contributed by atoms with Crippen LogP contribution in [0.1, 0.15) is 28.8 Å². The minimum atomic E-state index is -2.80. The topological polar surface area (TPSA) is 78.1 Å². The summed E-state index contributed by atoms with van der Waals surface area (Å²) < 4.78 is 39.3. The highest BCUT2D eigenvalue weighted by molar-refractivity contribution is 6.33. The summed E-state index contributed by atoms with van der Waals surface area (Å²) >= 11 is 5.96. The van der Waals surface area contributed by atoms with Crippen molar-refractivity contribution in [1.29, 1.82) is 0 Å². The third-order valence-electron chi connectivity index (χ3n) is 4.13. The lowest BCUT2D eigenvalue weighted by atomic mass is 10.1. The first-order valence-corrected chi connectivity index (χ1v) is 8.11. The minimum absolute atomic E-state index is 0.0114. The Morgan fingerprint density at radius 2 is 2.19 bits per heavy atom. The predicted octanol–water partition coefficient (Wildman–Crippen LogP) is 2.51. The van der Waals surface area contributed by atoms with Crippen LogP contribution in [0.3, 0.4) is 0 Å². The molecule has 2 aromatic rings. The normalized spacial score (nSPS) is 17.0. The van der Waals surface area contributed by atoms with Crippen LogP contribution in [0.25, 0.3) is 0 Å². The highest BCUT2D eigenvalue weighted by Gasteiger charge is 2.27. The molecule has 26 heavy (non-hydrogen) atoms. The first kappa shape index (κ1) is 18.2. The Morgan fingerprint density at radius 1 is 1.42 bits per heavy atom. The lowest BCUT2D eigenvalue weighted by molar-refractivity contribution is 0.0935. The standard InChI is InChI=1S/C16H14ClF3N4O2/c17-13-12(6-21-23-16(13)26)24-4-3-9(7-24)22-15(25)10-5-8(14(19)20)1-2-11(10)18/h1-2,5-6,9,14H,3-4,7H2,(H,22,25)(H,23,26). The van der Waals surface area contributed by atoms with Gasteiger partial charge in [0, 0.05) is 24.7 Å². The number of nitrogens with one attached hydrogen (secondary N) is 2. The van der Waals surface area contributed by atoms with E-state index in [9.17, 15) is 22.8 Å². The van der Waals surface area contributed by atoms with Gasteiger partial charge in [0.2, 0.25) is 0 Å². The smallest absolute Gasteiger partial charge is 0.285 e. The molecule has 1 aromatic carbocycles. The maximum Gasteiger partial charge on any atom is 0.285 e. The summed E-state index contributed by atoms with van der Waals surface area (Å²) in [5.74, 6) is -1.64. The molecule has 2 N–H and O–H groups in total. The Balaban J connectivity index is 1.71. The lowest BCUT2D eigenvalue weighted by Gasteiger charge is -2.19. The number of benzene rings is 1. The molecule has 138 valence electrons. The third kappa shape index (κ3) is 3.67. The van der Waals surface area contributed by atoms with Gasteiger partial charge in [-0.1, -0.05) is 17.7 Å². The molecule has 2 heterocycles. The van der Waals surface area contributed by atoms with Crippen molar-refractivity contribution in [2.75, 3.05) is 18.0 Å². The van der Waals surface area contributed by atoms with Crippen molar-refractivity contribution in [2.45, 2.75) is 18.9 Å². The molecule has 3 rings (SSSR count). The van der Waals surface area contributed by atoms with Gasteiger partial charge in [-0.3, -0.25) is 9.59 Å². The van der Waals surface area contributed by atoms with Gasteiger partial charge in [-0.05, 0) is 18.6 Å². The van der Waals surface area contributed by atoms with Crippen molar-refractivity contribution in [1.82, 2.24) is 15.5 Å². The Hall–Kier alpha value is -2.55. The van der Waals surface area contributed by atoms with Crippen LogP contribution in [0.2, 0.25) is 5.02 Å². The van der Waals surface area contributed by atoms with E-state index in [0.717, 1.165) is 18.2 Å². The Bertz CT molecular complexity index is 890. The van der Waals surface area contributed by atoms with Gasteiger partial charge in [0.1, 0.15) is 10.8 Å². The molecule has 0 radical (unpaired) electrons. The van der Waals surface area contributed by atoms with Gasteiger partial charge >= 0.3 is 0 Å². The van der Waals surface area contributed by atoms with E-state index in [1.165, 1.54) is 6.20 Å². The van der Waals surface area contributed by atoms with Crippen LogP contribution in [0, 0.1) is 5.82 Å². The number of hydrogen-bond acceptors (Lipinski definition) is 4. The highest BCUT2D eigenvalue weighted by Crippen LogP contribution is 2.25. The monoisotopic (exact) mass is 386 g/mol. The van der Waals surface area contributed by atoms with Gasteiger partial charge in [-0.2, -0.15) is 5.10 Å². The Labute approximate surface area is 151 Å². The summed E-state index contributed by atoms with van der Waals surface area (Å²) in [5.41, 5.74) is -0.955. The number of rotatable bonds is 4. The van der Waals surface area contributed by atoms with E-state index in [0.29, 0.717) is 25.2 Å². The fourth-order valence-corrected chi connectivity index (χ4v) is 3.02. The molecule has 0 aliphatic carbocycles. The number of carbonyl (C=O) groups excluding carboxylic acids is 1. The number of halogens is 4. The van der Waals surface area contributed by atoms with Gasteiger partial charge in [-0.15, -0.1) is 0 Å². The molecule has 1 atom stereocenters. The number of hydrogen-bond donors (Lipinski definition) is 2. The molecule has 1 saturated heterocycles. The summed E-state index contributed by atoms with van der Waals surface area (Å²) in [7, 11) is 0. The fourth-order valence-electron chi connectivity index (χ4n) is 2.81. The predicted molar refractivity (Wildman–Crippen MR) is 89.3 cm³/mol. The summed E-state index contributed by atoms with van der Waals surface area (Å²) in [6.07, 6.45) is -0.875. The summed E-state index contributed by atoms with van der Waals surface area (Å²) in [6, 6.07) is 2.28. The molecule has 10 heteroatoms. The SMILES string of the molecule is O=C(NC1CCN(c2cn[nH]c(=O)c2Cl)C1)c1cc(C(F)F)ccc1F. The molecule has 0 saturated carbocycles. The van der Waals surface area contributed by atoms with Crippen molar-refractivity contribution in [2.24, 2.45) is 0 Å². The van der Waals surface area contributed by atoms with Crippen LogP contribution in [0.4, 0.5) is 18.9 Å². The van der Waals surface area contributed by atoms with Gasteiger partial charge in [0.25, 0.3) is 17.9 Å². The van der Waals surface area contributed by atoms with Crippen LogP contribution < -0.4 is 15.8 Å². The molecular weight excluding hydrogens is 373 g/mol. The van der Waals surface area contributed by atoms with Crippen molar-refractivity contribution >= 4 is 23.2 Å². The number of aromatic nitrogens is 2. The zero-order valence-corrected chi connectivity index (χ0v) is 14.1. The molecule has 1 aliphatic heterocycles.